The van der Waals surface area contributed by atoms with E-state index < -0.39 is 23.1 Å². The van der Waals surface area contributed by atoms with E-state index >= 15 is 0 Å². The summed E-state index contributed by atoms with van der Waals surface area (Å²) < 4.78 is 39.5. The number of aromatic nitrogens is 2. The number of benzene rings is 1. The molecular weight excluding hydrogens is 267 g/mol. The first-order valence-corrected chi connectivity index (χ1v) is 5.26. The van der Waals surface area contributed by atoms with Crippen molar-refractivity contribution >= 4 is 23.1 Å². The van der Waals surface area contributed by atoms with Crippen LogP contribution in [0, 0.1) is 24.4 Å². The van der Waals surface area contributed by atoms with Gasteiger partial charge in [-0.15, -0.1) is 0 Å². The van der Waals surface area contributed by atoms with Gasteiger partial charge in [-0.3, -0.25) is 0 Å². The molecule has 0 saturated heterocycles. The lowest BCUT2D eigenvalue weighted by atomic mass is 10.2. The van der Waals surface area contributed by atoms with Crippen LogP contribution in [-0.4, -0.2) is 9.97 Å². The summed E-state index contributed by atoms with van der Waals surface area (Å²) in [5, 5.41) is 2.34. The highest BCUT2D eigenvalue weighted by Crippen LogP contribution is 2.24. The van der Waals surface area contributed by atoms with Crippen LogP contribution in [0.1, 0.15) is 5.69 Å². The van der Waals surface area contributed by atoms with Crippen LogP contribution in [-0.2, 0) is 0 Å². The van der Waals surface area contributed by atoms with Gasteiger partial charge < -0.3 is 5.32 Å². The highest BCUT2D eigenvalue weighted by Gasteiger charge is 2.12. The molecule has 0 saturated carbocycles. The summed E-state index contributed by atoms with van der Waals surface area (Å²) in [6, 6.07) is 2.59. The summed E-state index contributed by atoms with van der Waals surface area (Å²) >= 11 is 5.61. The van der Waals surface area contributed by atoms with Crippen molar-refractivity contribution in [3.63, 3.8) is 0 Å². The van der Waals surface area contributed by atoms with Crippen molar-refractivity contribution in [2.24, 2.45) is 0 Å². The Bertz CT molecular complexity index is 561. The van der Waals surface area contributed by atoms with Crippen LogP contribution in [0.2, 0.25) is 5.28 Å². The summed E-state index contributed by atoms with van der Waals surface area (Å²) in [5.41, 5.74) is 0.0333. The molecule has 7 heteroatoms. The summed E-state index contributed by atoms with van der Waals surface area (Å²) in [4.78, 5) is 7.55. The van der Waals surface area contributed by atoms with E-state index in [2.05, 4.69) is 15.3 Å². The Morgan fingerprint density at radius 3 is 2.22 bits per heavy atom. The van der Waals surface area contributed by atoms with Gasteiger partial charge in [0.25, 0.3) is 0 Å². The lowest BCUT2D eigenvalue weighted by molar-refractivity contribution is 0.548. The SMILES string of the molecule is Cc1cc(Nc2c(F)cc(F)cc2F)nc(Cl)n1. The average molecular weight is 274 g/mol. The summed E-state index contributed by atoms with van der Waals surface area (Å²) in [6.45, 7) is 1.65. The molecule has 1 aromatic carbocycles. The zero-order chi connectivity index (χ0) is 13.3. The lowest BCUT2D eigenvalue weighted by Gasteiger charge is -2.08. The monoisotopic (exact) mass is 273 g/mol. The molecule has 1 N–H and O–H groups in total. The first kappa shape index (κ1) is 12.6. The predicted molar refractivity (Wildman–Crippen MR) is 61.4 cm³/mol. The largest absolute Gasteiger partial charge is 0.335 e. The molecule has 2 rings (SSSR count). The van der Waals surface area contributed by atoms with Crippen molar-refractivity contribution in [1.29, 1.82) is 0 Å². The molecule has 94 valence electrons. The number of nitrogens with zero attached hydrogens (tertiary/aromatic N) is 2. The van der Waals surface area contributed by atoms with Gasteiger partial charge in [0.2, 0.25) is 5.28 Å². The van der Waals surface area contributed by atoms with Gasteiger partial charge in [0.15, 0.2) is 11.6 Å². The van der Waals surface area contributed by atoms with Gasteiger partial charge in [-0.25, -0.2) is 23.1 Å². The van der Waals surface area contributed by atoms with Crippen LogP contribution >= 0.6 is 11.6 Å². The Morgan fingerprint density at radius 1 is 1.06 bits per heavy atom. The Morgan fingerprint density at radius 2 is 1.67 bits per heavy atom. The second-order valence-electron chi connectivity index (χ2n) is 3.53. The number of nitrogens with one attached hydrogen (secondary N) is 1. The van der Waals surface area contributed by atoms with Crippen LogP contribution < -0.4 is 5.32 Å². The normalized spacial score (nSPS) is 10.5. The van der Waals surface area contributed by atoms with Crippen LogP contribution in [0.4, 0.5) is 24.7 Å². The highest BCUT2D eigenvalue weighted by molar-refractivity contribution is 6.28. The van der Waals surface area contributed by atoms with Gasteiger partial charge in [-0.1, -0.05) is 0 Å². The van der Waals surface area contributed by atoms with Gasteiger partial charge in [-0.2, -0.15) is 0 Å². The molecule has 0 amide bonds. The van der Waals surface area contributed by atoms with E-state index in [0.717, 1.165) is 0 Å². The highest BCUT2D eigenvalue weighted by atomic mass is 35.5. The number of halogens is 4. The van der Waals surface area contributed by atoms with Gasteiger partial charge in [-0.05, 0) is 18.5 Å². The molecule has 0 aliphatic heterocycles. The van der Waals surface area contributed by atoms with E-state index in [-0.39, 0.29) is 11.1 Å². The van der Waals surface area contributed by atoms with E-state index in [1.54, 1.807) is 6.92 Å². The number of hydrogen-bond donors (Lipinski definition) is 1. The number of rotatable bonds is 2. The molecule has 1 heterocycles. The van der Waals surface area contributed by atoms with Crippen molar-refractivity contribution in [3.8, 4) is 0 Å². The first-order chi connectivity index (χ1) is 8.45. The maximum Gasteiger partial charge on any atom is 0.224 e. The van der Waals surface area contributed by atoms with Gasteiger partial charge in [0.1, 0.15) is 17.3 Å². The van der Waals surface area contributed by atoms with Crippen molar-refractivity contribution in [3.05, 3.63) is 46.6 Å². The minimum atomic E-state index is -1.06. The van der Waals surface area contributed by atoms with E-state index in [1.165, 1.54) is 6.07 Å². The van der Waals surface area contributed by atoms with Crippen LogP contribution in [0.25, 0.3) is 0 Å². The number of aryl methyl sites for hydroxylation is 1. The second kappa shape index (κ2) is 4.81. The van der Waals surface area contributed by atoms with E-state index in [4.69, 9.17) is 11.6 Å². The first-order valence-electron chi connectivity index (χ1n) is 4.88. The molecule has 0 aliphatic carbocycles. The van der Waals surface area contributed by atoms with Crippen molar-refractivity contribution < 1.29 is 13.2 Å². The molecule has 0 bridgehead atoms. The maximum atomic E-state index is 13.4. The van der Waals surface area contributed by atoms with E-state index in [9.17, 15) is 13.2 Å². The van der Waals surface area contributed by atoms with Gasteiger partial charge >= 0.3 is 0 Å². The molecule has 0 atom stereocenters. The summed E-state index contributed by atoms with van der Waals surface area (Å²) in [6.07, 6.45) is 0. The number of anilines is 2. The van der Waals surface area contributed by atoms with E-state index in [1.807, 2.05) is 0 Å². The zero-order valence-electron chi connectivity index (χ0n) is 9.14. The molecule has 2 aromatic rings. The third-order valence-electron chi connectivity index (χ3n) is 2.09. The molecule has 0 aliphatic rings. The predicted octanol–water partition coefficient (Wildman–Crippen LogP) is 3.60. The van der Waals surface area contributed by atoms with E-state index in [0.29, 0.717) is 17.8 Å². The maximum absolute atomic E-state index is 13.4. The lowest BCUT2D eigenvalue weighted by Crippen LogP contribution is -2.02. The smallest absolute Gasteiger partial charge is 0.224 e. The Labute approximate surface area is 106 Å². The van der Waals surface area contributed by atoms with Crippen LogP contribution in [0.15, 0.2) is 18.2 Å². The minimum absolute atomic E-state index is 0.0552. The molecule has 1 aromatic heterocycles. The third-order valence-corrected chi connectivity index (χ3v) is 2.26. The average Bonchev–Trinajstić information content (AvgIpc) is 2.22. The quantitative estimate of drug-likeness (QED) is 0.850. The fourth-order valence-corrected chi connectivity index (χ4v) is 1.61. The molecule has 0 radical (unpaired) electrons. The standard InChI is InChI=1S/C11H7ClF3N3/c1-5-2-9(18-11(12)16-5)17-10-7(14)3-6(13)4-8(10)15/h2-4H,1H3,(H,16,17,18). The molecule has 0 spiro atoms. The van der Waals surface area contributed by atoms with Crippen LogP contribution in [0.3, 0.4) is 0 Å². The fourth-order valence-electron chi connectivity index (χ4n) is 1.39. The third kappa shape index (κ3) is 2.70. The van der Waals surface area contributed by atoms with Crippen molar-refractivity contribution in [2.75, 3.05) is 5.32 Å². The Hall–Kier alpha value is -1.82. The van der Waals surface area contributed by atoms with Crippen molar-refractivity contribution in [1.82, 2.24) is 9.97 Å². The van der Waals surface area contributed by atoms with Crippen LogP contribution in [0.5, 0.6) is 0 Å². The topological polar surface area (TPSA) is 37.8 Å². The molecule has 18 heavy (non-hydrogen) atoms. The zero-order valence-corrected chi connectivity index (χ0v) is 9.89. The van der Waals surface area contributed by atoms with Gasteiger partial charge in [0.05, 0.1) is 0 Å². The summed E-state index contributed by atoms with van der Waals surface area (Å²) in [7, 11) is 0. The molecular formula is C11H7ClF3N3. The second-order valence-corrected chi connectivity index (χ2v) is 3.87. The number of hydrogen-bond acceptors (Lipinski definition) is 3. The fraction of sp³-hybridized carbons (Fsp3) is 0.0909. The molecule has 3 nitrogen and oxygen atoms in total. The molecule has 0 fully saturated rings. The Kier molecular flexibility index (Phi) is 3.38. The minimum Gasteiger partial charge on any atom is -0.335 e. The van der Waals surface area contributed by atoms with Crippen molar-refractivity contribution in [2.45, 2.75) is 6.92 Å². The summed E-state index contributed by atoms with van der Waals surface area (Å²) in [5.74, 6) is -2.98. The molecule has 0 unspecified atom stereocenters. The van der Waals surface area contributed by atoms with Gasteiger partial charge in [0, 0.05) is 23.9 Å². The Balaban J connectivity index is 2.40.